The van der Waals surface area contributed by atoms with Gasteiger partial charge in [0, 0.05) is 23.7 Å². The Morgan fingerprint density at radius 3 is 2.88 bits per heavy atom. The Balaban J connectivity index is 2.01. The predicted molar refractivity (Wildman–Crippen MR) is 72.7 cm³/mol. The summed E-state index contributed by atoms with van der Waals surface area (Å²) in [4.78, 5) is 18.2. The number of rotatable bonds is 4. The summed E-state index contributed by atoms with van der Waals surface area (Å²) in [6.45, 7) is 0.828. The van der Waals surface area contributed by atoms with E-state index < -0.39 is 0 Å². The lowest BCUT2D eigenvalue weighted by Crippen LogP contribution is -2.36. The first-order valence-electron chi connectivity index (χ1n) is 6.08. The molecule has 2 rings (SSSR count). The Kier molecular flexibility index (Phi) is 4.10. The molecule has 1 aromatic heterocycles. The van der Waals surface area contributed by atoms with Crippen LogP contribution < -0.4 is 10.9 Å². The van der Waals surface area contributed by atoms with Crippen molar-refractivity contribution in [3.63, 3.8) is 0 Å². The van der Waals surface area contributed by atoms with Crippen LogP contribution in [0.5, 0.6) is 0 Å². The number of hydrogen-bond donors (Lipinski definition) is 2. The van der Waals surface area contributed by atoms with Crippen LogP contribution in [0.1, 0.15) is 32.1 Å². The fourth-order valence-electron chi connectivity index (χ4n) is 2.37. The summed E-state index contributed by atoms with van der Waals surface area (Å²) in [5.41, 5.74) is -0.139. The summed E-state index contributed by atoms with van der Waals surface area (Å²) in [7, 11) is 0. The van der Waals surface area contributed by atoms with Crippen LogP contribution in [-0.2, 0) is 0 Å². The molecular weight excluding hydrogens is 234 g/mol. The number of aromatic amines is 1. The standard InChI is InChI=1S/C12H19N3OS/c1-17-12(5-3-2-4-6-12)9-15-10-11(16)14-8-7-13-10/h7-8H,2-6,9H2,1H3,(H,13,15)(H,14,16). The molecule has 94 valence electrons. The number of nitrogens with one attached hydrogen (secondary N) is 2. The molecule has 5 heteroatoms. The van der Waals surface area contributed by atoms with Gasteiger partial charge >= 0.3 is 0 Å². The van der Waals surface area contributed by atoms with Crippen LogP contribution in [0.3, 0.4) is 0 Å². The molecule has 1 aliphatic carbocycles. The van der Waals surface area contributed by atoms with Crippen molar-refractivity contribution in [1.82, 2.24) is 9.97 Å². The zero-order chi connectivity index (χ0) is 12.1. The number of thioether (sulfide) groups is 1. The molecule has 0 aromatic carbocycles. The van der Waals surface area contributed by atoms with Gasteiger partial charge in [-0.05, 0) is 19.1 Å². The third-order valence-corrected chi connectivity index (χ3v) is 4.90. The SMILES string of the molecule is CSC1(CNc2ncc[nH]c2=O)CCCCC1. The van der Waals surface area contributed by atoms with Gasteiger partial charge in [-0.2, -0.15) is 11.8 Å². The van der Waals surface area contributed by atoms with Crippen LogP contribution in [0.15, 0.2) is 17.2 Å². The second-order valence-corrected chi connectivity index (χ2v) is 5.84. The van der Waals surface area contributed by atoms with Crippen molar-refractivity contribution in [3.05, 3.63) is 22.7 Å². The lowest BCUT2D eigenvalue weighted by molar-refractivity contribution is 0.411. The highest BCUT2D eigenvalue weighted by Gasteiger charge is 2.31. The maximum Gasteiger partial charge on any atom is 0.290 e. The van der Waals surface area contributed by atoms with Crippen LogP contribution in [0.2, 0.25) is 0 Å². The van der Waals surface area contributed by atoms with Gasteiger partial charge in [0.1, 0.15) is 0 Å². The summed E-state index contributed by atoms with van der Waals surface area (Å²) in [6.07, 6.45) is 11.7. The Morgan fingerprint density at radius 2 is 2.24 bits per heavy atom. The first kappa shape index (κ1) is 12.5. The molecule has 2 N–H and O–H groups in total. The Bertz CT molecular complexity index is 412. The van der Waals surface area contributed by atoms with E-state index >= 15 is 0 Å². The normalized spacial score (nSPS) is 18.9. The molecule has 0 atom stereocenters. The fourth-order valence-corrected chi connectivity index (χ4v) is 3.29. The minimum Gasteiger partial charge on any atom is -0.364 e. The molecule has 0 aliphatic heterocycles. The van der Waals surface area contributed by atoms with E-state index in [9.17, 15) is 4.79 Å². The highest BCUT2D eigenvalue weighted by Crippen LogP contribution is 2.38. The minimum atomic E-state index is -0.139. The third-order valence-electron chi connectivity index (χ3n) is 3.48. The lowest BCUT2D eigenvalue weighted by Gasteiger charge is -2.35. The maximum atomic E-state index is 11.5. The number of nitrogens with zero attached hydrogens (tertiary/aromatic N) is 1. The van der Waals surface area contributed by atoms with Crippen LogP contribution >= 0.6 is 11.8 Å². The summed E-state index contributed by atoms with van der Waals surface area (Å²) < 4.78 is 0.280. The van der Waals surface area contributed by atoms with E-state index in [1.165, 1.54) is 32.1 Å². The van der Waals surface area contributed by atoms with Crippen LogP contribution in [0.4, 0.5) is 5.82 Å². The first-order valence-corrected chi connectivity index (χ1v) is 7.31. The average Bonchev–Trinajstić information content (AvgIpc) is 2.39. The fraction of sp³-hybridized carbons (Fsp3) is 0.667. The first-order chi connectivity index (χ1) is 8.26. The van der Waals surface area contributed by atoms with Crippen molar-refractivity contribution < 1.29 is 0 Å². The van der Waals surface area contributed by atoms with Crippen LogP contribution in [-0.4, -0.2) is 27.5 Å². The number of aromatic nitrogens is 2. The number of hydrogen-bond acceptors (Lipinski definition) is 4. The molecule has 0 spiro atoms. The zero-order valence-corrected chi connectivity index (χ0v) is 11.0. The van der Waals surface area contributed by atoms with Crippen LogP contribution in [0.25, 0.3) is 0 Å². The van der Waals surface area contributed by atoms with Gasteiger partial charge in [-0.3, -0.25) is 4.79 Å². The summed E-state index contributed by atoms with van der Waals surface area (Å²) >= 11 is 1.92. The zero-order valence-electron chi connectivity index (χ0n) is 10.2. The van der Waals surface area contributed by atoms with Gasteiger partial charge in [0.25, 0.3) is 5.56 Å². The molecule has 0 unspecified atom stereocenters. The van der Waals surface area contributed by atoms with Crippen molar-refractivity contribution in [2.24, 2.45) is 0 Å². The van der Waals surface area contributed by atoms with Gasteiger partial charge in [-0.1, -0.05) is 19.3 Å². The van der Waals surface area contributed by atoms with Crippen molar-refractivity contribution >= 4 is 17.6 Å². The summed E-state index contributed by atoms with van der Waals surface area (Å²) in [5.74, 6) is 0.437. The molecule has 0 bridgehead atoms. The highest BCUT2D eigenvalue weighted by atomic mass is 32.2. The molecule has 1 heterocycles. The molecular formula is C12H19N3OS. The molecule has 1 aliphatic rings. The van der Waals surface area contributed by atoms with E-state index in [1.54, 1.807) is 12.4 Å². The smallest absolute Gasteiger partial charge is 0.290 e. The number of H-pyrrole nitrogens is 1. The van der Waals surface area contributed by atoms with E-state index in [2.05, 4.69) is 21.5 Å². The molecule has 17 heavy (non-hydrogen) atoms. The molecule has 0 radical (unpaired) electrons. The predicted octanol–water partition coefficient (Wildman–Crippen LogP) is 2.25. The van der Waals surface area contributed by atoms with Crippen molar-refractivity contribution in [3.8, 4) is 0 Å². The Morgan fingerprint density at radius 1 is 1.47 bits per heavy atom. The summed E-state index contributed by atoms with van der Waals surface area (Å²) in [5, 5.41) is 3.20. The van der Waals surface area contributed by atoms with E-state index in [0.29, 0.717) is 5.82 Å². The van der Waals surface area contributed by atoms with Gasteiger partial charge in [-0.15, -0.1) is 0 Å². The third kappa shape index (κ3) is 3.03. The van der Waals surface area contributed by atoms with Gasteiger partial charge in [-0.25, -0.2) is 4.98 Å². The van der Waals surface area contributed by atoms with Crippen molar-refractivity contribution in [2.45, 2.75) is 36.9 Å². The van der Waals surface area contributed by atoms with Gasteiger partial charge < -0.3 is 10.3 Å². The van der Waals surface area contributed by atoms with E-state index in [-0.39, 0.29) is 10.3 Å². The molecule has 1 saturated carbocycles. The van der Waals surface area contributed by atoms with Gasteiger partial charge in [0.15, 0.2) is 5.82 Å². The average molecular weight is 253 g/mol. The molecule has 1 fully saturated rings. The number of anilines is 1. The summed E-state index contributed by atoms with van der Waals surface area (Å²) in [6, 6.07) is 0. The monoisotopic (exact) mass is 253 g/mol. The lowest BCUT2D eigenvalue weighted by atomic mass is 9.88. The Hall–Kier alpha value is -0.970. The highest BCUT2D eigenvalue weighted by molar-refractivity contribution is 8.00. The van der Waals surface area contributed by atoms with Gasteiger partial charge in [0.05, 0.1) is 0 Å². The largest absolute Gasteiger partial charge is 0.364 e. The van der Waals surface area contributed by atoms with E-state index in [4.69, 9.17) is 0 Å². The molecule has 1 aromatic rings. The topological polar surface area (TPSA) is 57.8 Å². The molecule has 4 nitrogen and oxygen atoms in total. The second kappa shape index (κ2) is 5.58. The molecule has 0 amide bonds. The minimum absolute atomic E-state index is 0.139. The molecule has 0 saturated heterocycles. The Labute approximate surface area is 106 Å². The van der Waals surface area contributed by atoms with Gasteiger partial charge in [0.2, 0.25) is 0 Å². The maximum absolute atomic E-state index is 11.5. The van der Waals surface area contributed by atoms with E-state index in [1.807, 2.05) is 11.8 Å². The van der Waals surface area contributed by atoms with Crippen molar-refractivity contribution in [2.75, 3.05) is 18.1 Å². The van der Waals surface area contributed by atoms with E-state index in [0.717, 1.165) is 6.54 Å². The van der Waals surface area contributed by atoms with Crippen LogP contribution in [0, 0.1) is 0 Å². The second-order valence-electron chi connectivity index (χ2n) is 4.57. The van der Waals surface area contributed by atoms with Crippen molar-refractivity contribution in [1.29, 1.82) is 0 Å². The quantitative estimate of drug-likeness (QED) is 0.864.